The van der Waals surface area contributed by atoms with Gasteiger partial charge in [0.25, 0.3) is 5.69 Å². The minimum absolute atomic E-state index is 0.0792. The molecule has 1 aromatic rings. The Bertz CT molecular complexity index is 752. The number of hydrogen-bond acceptors (Lipinski definition) is 8. The molecule has 11 nitrogen and oxygen atoms in total. The van der Waals surface area contributed by atoms with E-state index < -0.39 is 23.3 Å². The Hall–Kier alpha value is -3.37. The molecule has 0 spiro atoms. The molecule has 1 aliphatic rings. The van der Waals surface area contributed by atoms with E-state index in [1.54, 1.807) is 20.8 Å². The number of non-ortho nitro benzene ring substituents is 1. The fourth-order valence-electron chi connectivity index (χ4n) is 2.43. The monoisotopic (exact) mass is 380 g/mol. The van der Waals surface area contributed by atoms with Crippen LogP contribution in [0.15, 0.2) is 29.4 Å². The standard InChI is InChI=1S/C16H20N4O7/c1-4-25-14-17-19(16(22)27-6-3)13(18(14)15(21)26-5-2)11-8-7-9-12(10-11)20(23)24/h7-10,13H,4-6H2,1-3H3. The highest BCUT2D eigenvalue weighted by Crippen LogP contribution is 2.34. The lowest BCUT2D eigenvalue weighted by Crippen LogP contribution is -2.42. The lowest BCUT2D eigenvalue weighted by Gasteiger charge is -2.27. The molecule has 0 saturated heterocycles. The van der Waals surface area contributed by atoms with Crippen molar-refractivity contribution in [1.82, 2.24) is 9.91 Å². The van der Waals surface area contributed by atoms with Gasteiger partial charge < -0.3 is 14.2 Å². The number of nitrogens with zero attached hydrogens (tertiary/aromatic N) is 4. The maximum atomic E-state index is 12.5. The smallest absolute Gasteiger partial charge is 0.432 e. The van der Waals surface area contributed by atoms with Gasteiger partial charge in [0.1, 0.15) is 0 Å². The van der Waals surface area contributed by atoms with Crippen LogP contribution in [-0.2, 0) is 14.2 Å². The molecule has 1 heterocycles. The Balaban J connectivity index is 2.54. The molecule has 0 saturated carbocycles. The van der Waals surface area contributed by atoms with Crippen LogP contribution >= 0.6 is 0 Å². The van der Waals surface area contributed by atoms with Crippen LogP contribution in [0.5, 0.6) is 0 Å². The van der Waals surface area contributed by atoms with Gasteiger partial charge in [-0.25, -0.2) is 14.5 Å². The van der Waals surface area contributed by atoms with E-state index in [1.165, 1.54) is 24.3 Å². The molecule has 0 aromatic heterocycles. The quantitative estimate of drug-likeness (QED) is 0.568. The van der Waals surface area contributed by atoms with Gasteiger partial charge >= 0.3 is 18.2 Å². The van der Waals surface area contributed by atoms with Gasteiger partial charge in [-0.2, -0.15) is 5.01 Å². The molecule has 1 aromatic carbocycles. The molecule has 0 aliphatic carbocycles. The number of nitro groups is 1. The van der Waals surface area contributed by atoms with E-state index in [4.69, 9.17) is 14.2 Å². The summed E-state index contributed by atoms with van der Waals surface area (Å²) in [5.74, 6) is 0. The van der Waals surface area contributed by atoms with Crippen molar-refractivity contribution in [2.75, 3.05) is 19.8 Å². The first-order chi connectivity index (χ1) is 12.9. The third-order valence-electron chi connectivity index (χ3n) is 3.45. The van der Waals surface area contributed by atoms with Gasteiger partial charge in [0, 0.05) is 17.7 Å². The minimum Gasteiger partial charge on any atom is -0.464 e. The first-order valence-electron chi connectivity index (χ1n) is 8.32. The number of amides is 2. The van der Waals surface area contributed by atoms with Crippen LogP contribution in [0, 0.1) is 10.1 Å². The number of ether oxygens (including phenoxy) is 3. The highest BCUT2D eigenvalue weighted by Gasteiger charge is 2.45. The van der Waals surface area contributed by atoms with Crippen molar-refractivity contribution in [3.63, 3.8) is 0 Å². The van der Waals surface area contributed by atoms with Crippen molar-refractivity contribution in [3.8, 4) is 0 Å². The Labute approximate surface area is 155 Å². The number of rotatable bonds is 5. The van der Waals surface area contributed by atoms with Crippen LogP contribution in [0.2, 0.25) is 0 Å². The molecule has 0 N–H and O–H groups in total. The van der Waals surface area contributed by atoms with Crippen molar-refractivity contribution in [2.24, 2.45) is 5.10 Å². The summed E-state index contributed by atoms with van der Waals surface area (Å²) < 4.78 is 15.4. The summed E-state index contributed by atoms with van der Waals surface area (Å²) in [6, 6.07) is 5.35. The summed E-state index contributed by atoms with van der Waals surface area (Å²) in [5, 5.41) is 16.0. The van der Waals surface area contributed by atoms with Crippen LogP contribution in [0.4, 0.5) is 15.3 Å². The van der Waals surface area contributed by atoms with Crippen molar-refractivity contribution in [2.45, 2.75) is 26.9 Å². The molecule has 2 rings (SSSR count). The maximum Gasteiger partial charge on any atom is 0.432 e. The van der Waals surface area contributed by atoms with Crippen molar-refractivity contribution in [1.29, 1.82) is 0 Å². The van der Waals surface area contributed by atoms with Crippen LogP contribution in [-0.4, -0.2) is 52.9 Å². The number of hydrogen-bond donors (Lipinski definition) is 0. The normalized spacial score (nSPS) is 16.0. The molecule has 146 valence electrons. The number of nitro benzene ring substituents is 1. The fourth-order valence-corrected chi connectivity index (χ4v) is 2.43. The number of hydrazone groups is 1. The molecule has 1 atom stereocenters. The molecular formula is C16H20N4O7. The SMILES string of the molecule is CCOC(=O)N1N=C(OCC)N(C(=O)OCC)C1c1cccc([N+](=O)[O-])c1. The zero-order valence-electron chi connectivity index (χ0n) is 15.2. The Morgan fingerprint density at radius 1 is 1.15 bits per heavy atom. The predicted molar refractivity (Wildman–Crippen MR) is 92.6 cm³/mol. The minimum atomic E-state index is -1.15. The maximum absolute atomic E-state index is 12.5. The Morgan fingerprint density at radius 2 is 1.81 bits per heavy atom. The average molecular weight is 380 g/mol. The molecule has 0 fully saturated rings. The lowest BCUT2D eigenvalue weighted by molar-refractivity contribution is -0.385. The second-order valence-electron chi connectivity index (χ2n) is 5.15. The largest absolute Gasteiger partial charge is 0.464 e. The molecule has 11 heteroatoms. The number of benzene rings is 1. The van der Waals surface area contributed by atoms with Crippen LogP contribution in [0.3, 0.4) is 0 Å². The summed E-state index contributed by atoms with van der Waals surface area (Å²) >= 11 is 0. The highest BCUT2D eigenvalue weighted by molar-refractivity contribution is 5.94. The molecular weight excluding hydrogens is 360 g/mol. The van der Waals surface area contributed by atoms with Crippen LogP contribution in [0.25, 0.3) is 0 Å². The summed E-state index contributed by atoms with van der Waals surface area (Å²) in [6.45, 7) is 5.25. The van der Waals surface area contributed by atoms with Gasteiger partial charge in [0.2, 0.25) is 0 Å². The molecule has 27 heavy (non-hydrogen) atoms. The molecule has 0 radical (unpaired) electrons. The van der Waals surface area contributed by atoms with Crippen LogP contribution < -0.4 is 0 Å². The van der Waals surface area contributed by atoms with Crippen LogP contribution in [0.1, 0.15) is 32.5 Å². The third-order valence-corrected chi connectivity index (χ3v) is 3.45. The Morgan fingerprint density at radius 3 is 2.41 bits per heavy atom. The van der Waals surface area contributed by atoms with Gasteiger partial charge in [-0.15, -0.1) is 5.10 Å². The van der Waals surface area contributed by atoms with E-state index in [9.17, 15) is 19.7 Å². The second kappa shape index (κ2) is 8.83. The van der Waals surface area contributed by atoms with Crippen molar-refractivity contribution >= 4 is 23.9 Å². The van der Waals surface area contributed by atoms with Gasteiger partial charge in [-0.3, -0.25) is 10.1 Å². The van der Waals surface area contributed by atoms with Gasteiger partial charge in [0.15, 0.2) is 6.17 Å². The second-order valence-corrected chi connectivity index (χ2v) is 5.15. The summed E-state index contributed by atoms with van der Waals surface area (Å²) in [5.41, 5.74) is 0.0636. The fraction of sp³-hybridized carbons (Fsp3) is 0.438. The topological polar surface area (TPSA) is 124 Å². The molecule has 2 amide bonds. The van der Waals surface area contributed by atoms with E-state index in [1.807, 2.05) is 0 Å². The number of carbonyl (C=O) groups is 2. The third kappa shape index (κ3) is 4.25. The van der Waals surface area contributed by atoms with E-state index in [0.29, 0.717) is 0 Å². The number of amidine groups is 1. The highest BCUT2D eigenvalue weighted by atomic mass is 16.6. The summed E-state index contributed by atoms with van der Waals surface area (Å²) in [7, 11) is 0. The average Bonchev–Trinajstić information content (AvgIpc) is 3.02. The first kappa shape index (κ1) is 19.9. The molecule has 0 bridgehead atoms. The van der Waals surface area contributed by atoms with E-state index >= 15 is 0 Å². The zero-order chi connectivity index (χ0) is 20.0. The van der Waals surface area contributed by atoms with E-state index in [0.717, 1.165) is 9.91 Å². The van der Waals surface area contributed by atoms with Gasteiger partial charge in [-0.05, 0) is 20.8 Å². The zero-order valence-corrected chi connectivity index (χ0v) is 15.2. The van der Waals surface area contributed by atoms with E-state index in [-0.39, 0.29) is 37.1 Å². The summed E-state index contributed by atoms with van der Waals surface area (Å²) in [6.07, 6.45) is -2.80. The predicted octanol–water partition coefficient (Wildman–Crippen LogP) is 2.83. The van der Waals surface area contributed by atoms with Gasteiger partial charge in [-0.1, -0.05) is 12.1 Å². The van der Waals surface area contributed by atoms with Crippen molar-refractivity contribution < 1.29 is 28.7 Å². The summed E-state index contributed by atoms with van der Waals surface area (Å²) in [4.78, 5) is 36.4. The molecule has 1 unspecified atom stereocenters. The first-order valence-corrected chi connectivity index (χ1v) is 8.32. The van der Waals surface area contributed by atoms with Crippen molar-refractivity contribution in [3.05, 3.63) is 39.9 Å². The van der Waals surface area contributed by atoms with E-state index in [2.05, 4.69) is 5.10 Å². The Kier molecular flexibility index (Phi) is 6.52. The van der Waals surface area contributed by atoms with Gasteiger partial charge in [0.05, 0.1) is 24.7 Å². The lowest BCUT2D eigenvalue weighted by atomic mass is 10.1. The molecule has 1 aliphatic heterocycles. The number of carbonyl (C=O) groups excluding carboxylic acids is 2.